The van der Waals surface area contributed by atoms with Crippen molar-refractivity contribution in [2.24, 2.45) is 5.16 Å². The van der Waals surface area contributed by atoms with Gasteiger partial charge in [0.25, 0.3) is 0 Å². The number of carbonyl (C=O) groups is 2. The van der Waals surface area contributed by atoms with Crippen molar-refractivity contribution in [3.05, 3.63) is 65.7 Å². The second kappa shape index (κ2) is 7.26. The van der Waals surface area contributed by atoms with Gasteiger partial charge < -0.3 is 19.8 Å². The van der Waals surface area contributed by atoms with Gasteiger partial charge in [0.1, 0.15) is 12.4 Å². The molecule has 0 spiro atoms. The van der Waals surface area contributed by atoms with Crippen LogP contribution in [0.3, 0.4) is 0 Å². The van der Waals surface area contributed by atoms with Crippen molar-refractivity contribution in [3.8, 4) is 5.75 Å². The second-order valence-electron chi connectivity index (χ2n) is 5.98. The molecule has 26 heavy (non-hydrogen) atoms. The molecule has 134 valence electrons. The van der Waals surface area contributed by atoms with E-state index >= 15 is 0 Å². The summed E-state index contributed by atoms with van der Waals surface area (Å²) in [5.74, 6) is -2.01. The number of oxime groups is 1. The average Bonchev–Trinajstić information content (AvgIpc) is 3.06. The van der Waals surface area contributed by atoms with Crippen LogP contribution in [0.2, 0.25) is 0 Å². The van der Waals surface area contributed by atoms with Crippen molar-refractivity contribution < 1.29 is 29.4 Å². The first-order valence-corrected chi connectivity index (χ1v) is 7.96. The fraction of sp³-hybridized carbons (Fsp3) is 0.211. The van der Waals surface area contributed by atoms with Gasteiger partial charge in [0.2, 0.25) is 5.60 Å². The van der Waals surface area contributed by atoms with Crippen LogP contribution >= 0.6 is 0 Å². The molecule has 0 fully saturated rings. The zero-order valence-corrected chi connectivity index (χ0v) is 13.8. The van der Waals surface area contributed by atoms with E-state index in [1.54, 1.807) is 24.3 Å². The molecule has 2 aromatic carbocycles. The monoisotopic (exact) mass is 355 g/mol. The van der Waals surface area contributed by atoms with E-state index in [2.05, 4.69) is 5.16 Å². The van der Waals surface area contributed by atoms with Crippen molar-refractivity contribution in [2.45, 2.75) is 25.0 Å². The average molecular weight is 355 g/mol. The van der Waals surface area contributed by atoms with E-state index in [9.17, 15) is 14.7 Å². The van der Waals surface area contributed by atoms with Crippen LogP contribution in [0.15, 0.2) is 59.8 Å². The number of rotatable bonds is 7. The third kappa shape index (κ3) is 3.83. The molecule has 1 unspecified atom stereocenters. The number of carboxylic acids is 2. The molecule has 7 heteroatoms. The molecule has 2 N–H and O–H groups in total. The van der Waals surface area contributed by atoms with Crippen molar-refractivity contribution in [2.75, 3.05) is 0 Å². The highest BCUT2D eigenvalue weighted by Crippen LogP contribution is 2.31. The second-order valence-corrected chi connectivity index (χ2v) is 5.98. The van der Waals surface area contributed by atoms with Crippen LogP contribution in [0.4, 0.5) is 0 Å². The Morgan fingerprint density at radius 3 is 2.58 bits per heavy atom. The van der Waals surface area contributed by atoms with E-state index in [0.717, 1.165) is 5.56 Å². The molecule has 0 saturated heterocycles. The quantitative estimate of drug-likeness (QED) is 0.791. The predicted molar refractivity (Wildman–Crippen MR) is 92.1 cm³/mol. The summed E-state index contributed by atoms with van der Waals surface area (Å²) >= 11 is 0. The molecule has 1 aliphatic heterocycles. The molecule has 0 amide bonds. The Hall–Kier alpha value is -3.35. The third-order valence-corrected chi connectivity index (χ3v) is 4.03. The van der Waals surface area contributed by atoms with E-state index in [0.29, 0.717) is 23.6 Å². The number of hydrogen-bond acceptors (Lipinski definition) is 5. The van der Waals surface area contributed by atoms with Crippen LogP contribution < -0.4 is 4.74 Å². The number of benzene rings is 2. The molecular weight excluding hydrogens is 338 g/mol. The molecule has 1 aliphatic rings. The van der Waals surface area contributed by atoms with E-state index in [1.807, 2.05) is 30.3 Å². The summed E-state index contributed by atoms with van der Waals surface area (Å²) in [7, 11) is 0. The van der Waals surface area contributed by atoms with Crippen LogP contribution in [0.5, 0.6) is 5.75 Å². The first-order valence-electron chi connectivity index (χ1n) is 7.96. The number of carboxylic acid groups (broad SMARTS) is 2. The maximum atomic E-state index is 11.5. The molecular formula is C19H17NO6. The Morgan fingerprint density at radius 2 is 1.88 bits per heavy atom. The maximum absolute atomic E-state index is 11.5. The highest BCUT2D eigenvalue weighted by Gasteiger charge is 2.49. The minimum absolute atomic E-state index is 0.128. The summed E-state index contributed by atoms with van der Waals surface area (Å²) in [6, 6.07) is 16.7. The first-order chi connectivity index (χ1) is 12.5. The summed E-state index contributed by atoms with van der Waals surface area (Å²) in [4.78, 5) is 27.5. The highest BCUT2D eigenvalue weighted by atomic mass is 16.7. The Kier molecular flexibility index (Phi) is 4.88. The molecule has 2 aromatic rings. The summed E-state index contributed by atoms with van der Waals surface area (Å²) < 4.78 is 5.75. The Labute approximate surface area is 149 Å². The molecule has 0 aromatic heterocycles. The normalized spacial score (nSPS) is 18.7. The van der Waals surface area contributed by atoms with Gasteiger partial charge in [-0.15, -0.1) is 0 Å². The fourth-order valence-electron chi connectivity index (χ4n) is 2.67. The van der Waals surface area contributed by atoms with Gasteiger partial charge in [-0.05, 0) is 17.7 Å². The molecule has 3 rings (SSSR count). The van der Waals surface area contributed by atoms with Crippen LogP contribution in [0, 0.1) is 0 Å². The molecule has 7 nitrogen and oxygen atoms in total. The van der Waals surface area contributed by atoms with Gasteiger partial charge in [-0.25, -0.2) is 4.79 Å². The largest absolute Gasteiger partial charge is 0.489 e. The van der Waals surface area contributed by atoms with E-state index in [-0.39, 0.29) is 6.42 Å². The van der Waals surface area contributed by atoms with Crippen molar-refractivity contribution in [1.29, 1.82) is 0 Å². The fourth-order valence-corrected chi connectivity index (χ4v) is 2.67. The lowest BCUT2D eigenvalue weighted by Gasteiger charge is -2.18. The molecule has 0 aliphatic carbocycles. The molecule has 1 heterocycles. The molecule has 0 radical (unpaired) electrons. The van der Waals surface area contributed by atoms with Gasteiger partial charge in [-0.3, -0.25) is 4.79 Å². The van der Waals surface area contributed by atoms with Crippen LogP contribution in [0.25, 0.3) is 0 Å². The summed E-state index contributed by atoms with van der Waals surface area (Å²) in [6.07, 6.45) is -0.795. The van der Waals surface area contributed by atoms with Crippen LogP contribution in [0.1, 0.15) is 24.0 Å². The summed E-state index contributed by atoms with van der Waals surface area (Å²) in [5, 5.41) is 22.1. The number of hydrogen-bond donors (Lipinski definition) is 2. The van der Waals surface area contributed by atoms with Gasteiger partial charge in [0, 0.05) is 12.0 Å². The van der Waals surface area contributed by atoms with Crippen molar-refractivity contribution >= 4 is 17.7 Å². The maximum Gasteiger partial charge on any atom is 0.351 e. The molecule has 0 bridgehead atoms. The number of ether oxygens (including phenoxy) is 1. The SMILES string of the molecule is O=C(O)CC1(C(=O)O)CC(c2cccc(OCc3ccccc3)c2)=NO1. The highest BCUT2D eigenvalue weighted by molar-refractivity contribution is 6.05. The number of aliphatic carboxylic acids is 2. The van der Waals surface area contributed by atoms with E-state index in [4.69, 9.17) is 14.7 Å². The lowest BCUT2D eigenvalue weighted by Crippen LogP contribution is -2.41. The van der Waals surface area contributed by atoms with Crippen LogP contribution in [-0.2, 0) is 21.0 Å². The van der Waals surface area contributed by atoms with E-state index < -0.39 is 24.0 Å². The molecule has 1 atom stereocenters. The Balaban J connectivity index is 1.72. The molecule has 0 saturated carbocycles. The van der Waals surface area contributed by atoms with Gasteiger partial charge in [-0.2, -0.15) is 0 Å². The van der Waals surface area contributed by atoms with Crippen LogP contribution in [-0.4, -0.2) is 33.5 Å². The van der Waals surface area contributed by atoms with Gasteiger partial charge in [-0.1, -0.05) is 47.6 Å². The van der Waals surface area contributed by atoms with Crippen molar-refractivity contribution in [3.63, 3.8) is 0 Å². The predicted octanol–water partition coefficient (Wildman–Crippen LogP) is 2.69. The Morgan fingerprint density at radius 1 is 1.12 bits per heavy atom. The van der Waals surface area contributed by atoms with Gasteiger partial charge >= 0.3 is 11.9 Å². The topological polar surface area (TPSA) is 105 Å². The van der Waals surface area contributed by atoms with E-state index in [1.165, 1.54) is 0 Å². The zero-order chi connectivity index (χ0) is 18.6. The lowest BCUT2D eigenvalue weighted by molar-refractivity contribution is -0.169. The minimum Gasteiger partial charge on any atom is -0.489 e. The van der Waals surface area contributed by atoms with Gasteiger partial charge in [0.05, 0.1) is 12.1 Å². The lowest BCUT2D eigenvalue weighted by atomic mass is 9.91. The van der Waals surface area contributed by atoms with Gasteiger partial charge in [0.15, 0.2) is 0 Å². The smallest absolute Gasteiger partial charge is 0.351 e. The summed E-state index contributed by atoms with van der Waals surface area (Å²) in [5.41, 5.74) is 0.149. The van der Waals surface area contributed by atoms with Crippen molar-refractivity contribution in [1.82, 2.24) is 0 Å². The zero-order valence-electron chi connectivity index (χ0n) is 13.8. The number of nitrogens with zero attached hydrogens (tertiary/aromatic N) is 1. The standard InChI is InChI=1S/C19H17NO6/c21-17(22)11-19(18(23)24)10-16(20-26-19)14-7-4-8-15(9-14)25-12-13-5-2-1-3-6-13/h1-9H,10-12H2,(H,21,22)(H,23,24). The minimum atomic E-state index is -1.87. The summed E-state index contributed by atoms with van der Waals surface area (Å²) in [6.45, 7) is 0.394. The Bertz CT molecular complexity index is 848. The first kappa shape index (κ1) is 17.5. The third-order valence-electron chi connectivity index (χ3n) is 4.03.